The zero-order valence-electron chi connectivity index (χ0n) is 14.7. The van der Waals surface area contributed by atoms with Gasteiger partial charge in [-0.1, -0.05) is 49.7 Å². The monoisotopic (exact) mass is 383 g/mol. The van der Waals surface area contributed by atoms with E-state index in [1.165, 1.54) is 24.3 Å². The van der Waals surface area contributed by atoms with Crippen LogP contribution in [0.25, 0.3) is 0 Å². The van der Waals surface area contributed by atoms with Crippen LogP contribution < -0.4 is 15.3 Å². The van der Waals surface area contributed by atoms with E-state index in [9.17, 15) is 19.5 Å². The Hall–Kier alpha value is -3.12. The van der Waals surface area contributed by atoms with Crippen LogP contribution in [0, 0.1) is 0 Å². The van der Waals surface area contributed by atoms with Crippen molar-refractivity contribution in [3.63, 3.8) is 0 Å². The molecule has 0 spiro atoms. The van der Waals surface area contributed by atoms with Crippen LogP contribution >= 0.6 is 11.6 Å². The molecule has 27 heavy (non-hydrogen) atoms. The highest BCUT2D eigenvalue weighted by molar-refractivity contribution is 6.53. The largest absolute Gasteiger partial charge is 0.545 e. The molecule has 0 fully saturated rings. The molecule has 1 N–H and O–H groups in total. The summed E-state index contributed by atoms with van der Waals surface area (Å²) < 4.78 is 0. The van der Waals surface area contributed by atoms with Gasteiger partial charge < -0.3 is 15.2 Å². The fourth-order valence-corrected chi connectivity index (χ4v) is 2.90. The number of nitrogens with zero attached hydrogens (tertiary/aromatic N) is 1. The van der Waals surface area contributed by atoms with Gasteiger partial charge in [-0.2, -0.15) is 0 Å². The van der Waals surface area contributed by atoms with Gasteiger partial charge in [0, 0.05) is 5.69 Å². The normalized spacial score (nSPS) is 14.3. The molecule has 0 atom stereocenters. The number of carbonyl (C=O) groups excluding carboxylic acids is 3. The Balaban J connectivity index is 1.84. The molecule has 1 aliphatic rings. The van der Waals surface area contributed by atoms with Crippen molar-refractivity contribution in [2.24, 2.45) is 0 Å². The maximum atomic E-state index is 12.7. The Morgan fingerprint density at radius 3 is 2.11 bits per heavy atom. The molecule has 138 valence electrons. The smallest absolute Gasteiger partial charge is 0.283 e. The van der Waals surface area contributed by atoms with Crippen molar-refractivity contribution < 1.29 is 19.5 Å². The summed E-state index contributed by atoms with van der Waals surface area (Å²) in [5, 5.41) is 13.4. The Morgan fingerprint density at radius 1 is 1.00 bits per heavy atom. The second-order valence-electron chi connectivity index (χ2n) is 6.37. The molecule has 0 aliphatic carbocycles. The highest BCUT2D eigenvalue weighted by atomic mass is 35.5. The van der Waals surface area contributed by atoms with E-state index in [4.69, 9.17) is 11.6 Å². The van der Waals surface area contributed by atoms with Gasteiger partial charge in [-0.3, -0.25) is 9.59 Å². The molecule has 0 saturated heterocycles. The minimum Gasteiger partial charge on any atom is -0.545 e. The van der Waals surface area contributed by atoms with Gasteiger partial charge >= 0.3 is 0 Å². The lowest BCUT2D eigenvalue weighted by Gasteiger charge is -2.16. The number of rotatable bonds is 5. The number of carboxylic acid groups (broad SMARTS) is 1. The highest BCUT2D eigenvalue weighted by Gasteiger charge is 2.38. The summed E-state index contributed by atoms with van der Waals surface area (Å²) in [4.78, 5) is 37.0. The molecular formula is C20H16ClN2O4-. The average molecular weight is 384 g/mol. The summed E-state index contributed by atoms with van der Waals surface area (Å²) in [6.45, 7) is 4.10. The van der Waals surface area contributed by atoms with E-state index < -0.39 is 17.8 Å². The summed E-state index contributed by atoms with van der Waals surface area (Å²) in [7, 11) is 0. The Morgan fingerprint density at radius 2 is 1.59 bits per heavy atom. The number of aromatic carboxylic acids is 1. The van der Waals surface area contributed by atoms with Crippen LogP contribution in [-0.4, -0.2) is 17.8 Å². The number of hydrogen-bond acceptors (Lipinski definition) is 5. The molecule has 0 saturated carbocycles. The van der Waals surface area contributed by atoms with Gasteiger partial charge in [0.1, 0.15) is 10.7 Å². The topological polar surface area (TPSA) is 89.5 Å². The van der Waals surface area contributed by atoms with Gasteiger partial charge in [-0.25, -0.2) is 4.90 Å². The van der Waals surface area contributed by atoms with Crippen molar-refractivity contribution in [1.82, 2.24) is 0 Å². The lowest BCUT2D eigenvalue weighted by atomic mass is 10.0. The number of hydrogen-bond donors (Lipinski definition) is 1. The van der Waals surface area contributed by atoms with E-state index in [0.717, 1.165) is 10.5 Å². The SMILES string of the molecule is CC(C)c1ccc(N2C(=O)C(Cl)=C(Nc3ccc(C(=O)[O-])cc3)C2=O)cc1. The molecule has 2 aromatic rings. The van der Waals surface area contributed by atoms with E-state index in [-0.39, 0.29) is 16.3 Å². The standard InChI is InChI=1S/C20H17ClN2O4/c1-11(2)12-5-9-15(10-6-12)23-18(24)16(21)17(19(23)25)22-14-7-3-13(4-8-14)20(26)27/h3-11,22H,1-2H3,(H,26,27)/p-1. The molecule has 1 aliphatic heterocycles. The second kappa shape index (κ2) is 7.25. The molecule has 0 bridgehead atoms. The predicted octanol–water partition coefficient (Wildman–Crippen LogP) is 2.61. The van der Waals surface area contributed by atoms with E-state index in [1.54, 1.807) is 12.1 Å². The second-order valence-corrected chi connectivity index (χ2v) is 6.75. The fraction of sp³-hybridized carbons (Fsp3) is 0.150. The van der Waals surface area contributed by atoms with E-state index in [2.05, 4.69) is 5.32 Å². The first-order valence-corrected chi connectivity index (χ1v) is 8.64. The number of carboxylic acids is 1. The molecule has 3 rings (SSSR count). The number of nitrogens with one attached hydrogen (secondary N) is 1. The van der Waals surface area contributed by atoms with Crippen LogP contribution in [0.2, 0.25) is 0 Å². The molecule has 0 unspecified atom stereocenters. The molecule has 0 radical (unpaired) electrons. The van der Waals surface area contributed by atoms with Gasteiger partial charge in [-0.05, 0) is 41.3 Å². The van der Waals surface area contributed by atoms with E-state index >= 15 is 0 Å². The van der Waals surface area contributed by atoms with Gasteiger partial charge in [-0.15, -0.1) is 0 Å². The Bertz CT molecular complexity index is 947. The number of halogens is 1. The van der Waals surface area contributed by atoms with Gasteiger partial charge in [0.05, 0.1) is 11.7 Å². The third-order valence-corrected chi connectivity index (χ3v) is 4.59. The van der Waals surface area contributed by atoms with E-state index in [1.807, 2.05) is 26.0 Å². The maximum absolute atomic E-state index is 12.7. The molecule has 1 heterocycles. The molecule has 7 heteroatoms. The molecule has 0 aromatic heterocycles. The van der Waals surface area contributed by atoms with Crippen LogP contribution in [0.1, 0.15) is 35.7 Å². The Kier molecular flexibility index (Phi) is 5.01. The first-order valence-electron chi connectivity index (χ1n) is 8.26. The quantitative estimate of drug-likeness (QED) is 0.801. The van der Waals surface area contributed by atoms with E-state index in [0.29, 0.717) is 17.3 Å². The highest BCUT2D eigenvalue weighted by Crippen LogP contribution is 2.31. The Labute approximate surface area is 161 Å². The first-order chi connectivity index (χ1) is 12.8. The maximum Gasteiger partial charge on any atom is 0.283 e. The number of carbonyl (C=O) groups is 3. The minimum atomic E-state index is -1.30. The summed E-state index contributed by atoms with van der Waals surface area (Å²) in [6, 6.07) is 12.7. The van der Waals surface area contributed by atoms with Crippen molar-refractivity contribution in [2.45, 2.75) is 19.8 Å². The number of anilines is 2. The molecular weight excluding hydrogens is 368 g/mol. The zero-order chi connectivity index (χ0) is 19.7. The van der Waals surface area contributed by atoms with Gasteiger partial charge in [0.2, 0.25) is 0 Å². The van der Waals surface area contributed by atoms with Crippen molar-refractivity contribution in [2.75, 3.05) is 10.2 Å². The first kappa shape index (κ1) is 18.7. The number of imide groups is 1. The van der Waals surface area contributed by atoms with Crippen molar-refractivity contribution >= 4 is 40.8 Å². The van der Waals surface area contributed by atoms with Crippen molar-refractivity contribution in [3.05, 3.63) is 70.4 Å². The third kappa shape index (κ3) is 3.57. The van der Waals surface area contributed by atoms with Crippen molar-refractivity contribution in [1.29, 1.82) is 0 Å². The van der Waals surface area contributed by atoms with Crippen LogP contribution in [0.15, 0.2) is 59.3 Å². The van der Waals surface area contributed by atoms with Crippen molar-refractivity contribution in [3.8, 4) is 0 Å². The van der Waals surface area contributed by atoms with Crippen LogP contribution in [0.5, 0.6) is 0 Å². The third-order valence-electron chi connectivity index (χ3n) is 4.24. The van der Waals surface area contributed by atoms with Gasteiger partial charge in [0.25, 0.3) is 11.8 Å². The molecule has 2 amide bonds. The number of benzene rings is 2. The minimum absolute atomic E-state index is 0.00122. The van der Waals surface area contributed by atoms with Crippen LogP contribution in [0.4, 0.5) is 11.4 Å². The molecule has 6 nitrogen and oxygen atoms in total. The predicted molar refractivity (Wildman–Crippen MR) is 100 cm³/mol. The summed E-state index contributed by atoms with van der Waals surface area (Å²) >= 11 is 6.08. The zero-order valence-corrected chi connectivity index (χ0v) is 15.4. The molecule has 2 aromatic carbocycles. The number of amides is 2. The lowest BCUT2D eigenvalue weighted by molar-refractivity contribution is -0.255. The summed E-state index contributed by atoms with van der Waals surface area (Å²) in [5.74, 6) is -2.17. The van der Waals surface area contributed by atoms with Gasteiger partial charge in [0.15, 0.2) is 0 Å². The van der Waals surface area contributed by atoms with Crippen LogP contribution in [-0.2, 0) is 9.59 Å². The fourth-order valence-electron chi connectivity index (χ4n) is 2.69. The summed E-state index contributed by atoms with van der Waals surface area (Å²) in [6.07, 6.45) is 0. The average Bonchev–Trinajstić information content (AvgIpc) is 2.85. The summed E-state index contributed by atoms with van der Waals surface area (Å²) in [5.41, 5.74) is 1.88. The van der Waals surface area contributed by atoms with Crippen LogP contribution in [0.3, 0.4) is 0 Å². The lowest BCUT2D eigenvalue weighted by Crippen LogP contribution is -2.32.